The summed E-state index contributed by atoms with van der Waals surface area (Å²) in [6, 6.07) is 2.95. The number of amides is 2. The third-order valence-electron chi connectivity index (χ3n) is 2.75. The van der Waals surface area contributed by atoms with Gasteiger partial charge in [-0.05, 0) is 29.2 Å². The summed E-state index contributed by atoms with van der Waals surface area (Å²) in [4.78, 5) is 23.5. The largest absolute Gasteiger partial charge is 0.395 e. The highest BCUT2D eigenvalue weighted by molar-refractivity contribution is 7.09. The SMILES string of the molecule is CNC(=O)c1nsc(C(=O)NCc2cc(F)cc(F)c2)c1N. The Kier molecular flexibility index (Phi) is 4.66. The number of carbonyl (C=O) groups excluding carboxylic acids is 2. The van der Waals surface area contributed by atoms with E-state index in [4.69, 9.17) is 5.73 Å². The second-order valence-electron chi connectivity index (χ2n) is 4.31. The molecule has 6 nitrogen and oxygen atoms in total. The van der Waals surface area contributed by atoms with Gasteiger partial charge < -0.3 is 16.4 Å². The molecule has 116 valence electrons. The van der Waals surface area contributed by atoms with Crippen molar-refractivity contribution in [3.05, 3.63) is 46.0 Å². The summed E-state index contributed by atoms with van der Waals surface area (Å²) in [5.41, 5.74) is 5.90. The van der Waals surface area contributed by atoms with Crippen LogP contribution in [0.3, 0.4) is 0 Å². The molecule has 4 N–H and O–H groups in total. The van der Waals surface area contributed by atoms with Gasteiger partial charge in [0.05, 0.1) is 5.69 Å². The fraction of sp³-hybridized carbons (Fsp3) is 0.154. The zero-order valence-electron chi connectivity index (χ0n) is 11.4. The molecule has 0 unspecified atom stereocenters. The van der Waals surface area contributed by atoms with Gasteiger partial charge in [-0.1, -0.05) is 0 Å². The Morgan fingerprint density at radius 2 is 1.86 bits per heavy atom. The van der Waals surface area contributed by atoms with Crippen molar-refractivity contribution in [1.82, 2.24) is 15.0 Å². The molecule has 0 spiro atoms. The van der Waals surface area contributed by atoms with E-state index in [9.17, 15) is 18.4 Å². The van der Waals surface area contributed by atoms with E-state index in [1.807, 2.05) is 0 Å². The lowest BCUT2D eigenvalue weighted by Gasteiger charge is -2.05. The van der Waals surface area contributed by atoms with Crippen LogP contribution in [-0.2, 0) is 6.54 Å². The minimum atomic E-state index is -0.733. The van der Waals surface area contributed by atoms with Crippen LogP contribution in [0.5, 0.6) is 0 Å². The quantitative estimate of drug-likeness (QED) is 0.789. The summed E-state index contributed by atoms with van der Waals surface area (Å²) >= 11 is 0.773. The van der Waals surface area contributed by atoms with Crippen LogP contribution in [0.2, 0.25) is 0 Å². The van der Waals surface area contributed by atoms with Crippen molar-refractivity contribution in [2.75, 3.05) is 12.8 Å². The number of hydrogen-bond acceptors (Lipinski definition) is 5. The maximum absolute atomic E-state index is 13.0. The first-order chi connectivity index (χ1) is 10.4. The number of aromatic nitrogens is 1. The summed E-state index contributed by atoms with van der Waals surface area (Å²) in [7, 11) is 1.42. The van der Waals surface area contributed by atoms with Gasteiger partial charge in [-0.15, -0.1) is 0 Å². The molecule has 0 bridgehead atoms. The second kappa shape index (κ2) is 6.48. The molecule has 2 rings (SSSR count). The normalized spacial score (nSPS) is 10.3. The number of rotatable bonds is 4. The molecule has 1 aromatic carbocycles. The summed E-state index contributed by atoms with van der Waals surface area (Å²) < 4.78 is 29.9. The Balaban J connectivity index is 2.10. The predicted octanol–water partition coefficient (Wildman–Crippen LogP) is 1.29. The van der Waals surface area contributed by atoms with E-state index in [-0.39, 0.29) is 28.4 Å². The van der Waals surface area contributed by atoms with Gasteiger partial charge in [0.15, 0.2) is 5.69 Å². The summed E-state index contributed by atoms with van der Waals surface area (Å²) in [6.45, 7) is -0.0832. The van der Waals surface area contributed by atoms with Gasteiger partial charge in [-0.25, -0.2) is 8.78 Å². The average Bonchev–Trinajstić information content (AvgIpc) is 2.85. The van der Waals surface area contributed by atoms with Gasteiger partial charge in [-0.2, -0.15) is 4.37 Å². The molecule has 22 heavy (non-hydrogen) atoms. The van der Waals surface area contributed by atoms with Crippen LogP contribution in [0.4, 0.5) is 14.5 Å². The summed E-state index contributed by atoms with van der Waals surface area (Å²) in [5, 5.41) is 4.82. The molecule has 2 amide bonds. The van der Waals surface area contributed by atoms with Gasteiger partial charge in [0.2, 0.25) is 0 Å². The number of anilines is 1. The molecule has 2 aromatic rings. The van der Waals surface area contributed by atoms with Crippen LogP contribution in [0.25, 0.3) is 0 Å². The van der Waals surface area contributed by atoms with Crippen molar-refractivity contribution in [2.24, 2.45) is 0 Å². The molecule has 1 aromatic heterocycles. The van der Waals surface area contributed by atoms with Gasteiger partial charge in [0, 0.05) is 19.7 Å². The Labute approximate surface area is 128 Å². The molecule has 0 aliphatic carbocycles. The number of carbonyl (C=O) groups is 2. The Morgan fingerprint density at radius 3 is 2.45 bits per heavy atom. The number of hydrogen-bond donors (Lipinski definition) is 3. The first-order valence-corrected chi connectivity index (χ1v) is 6.90. The zero-order chi connectivity index (χ0) is 16.3. The zero-order valence-corrected chi connectivity index (χ0v) is 12.3. The van der Waals surface area contributed by atoms with Crippen molar-refractivity contribution in [3.8, 4) is 0 Å². The van der Waals surface area contributed by atoms with E-state index < -0.39 is 23.4 Å². The number of nitrogens with one attached hydrogen (secondary N) is 2. The number of nitrogen functional groups attached to an aromatic ring is 1. The Bertz CT molecular complexity index is 713. The van der Waals surface area contributed by atoms with E-state index in [0.29, 0.717) is 0 Å². The van der Waals surface area contributed by atoms with Gasteiger partial charge in [0.25, 0.3) is 11.8 Å². The first kappa shape index (κ1) is 15.8. The number of benzene rings is 1. The molecule has 0 aliphatic rings. The highest BCUT2D eigenvalue weighted by Gasteiger charge is 2.21. The van der Waals surface area contributed by atoms with Crippen LogP contribution in [-0.4, -0.2) is 23.2 Å². The van der Waals surface area contributed by atoms with E-state index in [1.54, 1.807) is 0 Å². The van der Waals surface area contributed by atoms with E-state index in [0.717, 1.165) is 29.7 Å². The van der Waals surface area contributed by atoms with Crippen molar-refractivity contribution in [2.45, 2.75) is 6.54 Å². The highest BCUT2D eigenvalue weighted by atomic mass is 32.1. The van der Waals surface area contributed by atoms with Crippen LogP contribution >= 0.6 is 11.5 Å². The van der Waals surface area contributed by atoms with Crippen LogP contribution in [0.15, 0.2) is 18.2 Å². The third kappa shape index (κ3) is 3.37. The smallest absolute Gasteiger partial charge is 0.272 e. The van der Waals surface area contributed by atoms with Crippen molar-refractivity contribution < 1.29 is 18.4 Å². The molecule has 0 saturated heterocycles. The monoisotopic (exact) mass is 326 g/mol. The van der Waals surface area contributed by atoms with Crippen LogP contribution in [0.1, 0.15) is 25.7 Å². The molecule has 0 fully saturated rings. The lowest BCUT2D eigenvalue weighted by atomic mass is 10.2. The van der Waals surface area contributed by atoms with E-state index in [1.165, 1.54) is 7.05 Å². The molecule has 0 aliphatic heterocycles. The summed E-state index contributed by atoms with van der Waals surface area (Å²) in [5.74, 6) is -2.54. The standard InChI is InChI=1S/C13H12F2N4O2S/c1-17-12(20)10-9(16)11(22-19-10)13(21)18-5-6-2-7(14)4-8(15)3-6/h2-4H,5,16H2,1H3,(H,17,20)(H,18,21). The number of halogens is 2. The van der Waals surface area contributed by atoms with Crippen molar-refractivity contribution >= 4 is 29.0 Å². The predicted molar refractivity (Wildman–Crippen MR) is 77.4 cm³/mol. The van der Waals surface area contributed by atoms with Crippen molar-refractivity contribution in [1.29, 1.82) is 0 Å². The molecule has 1 heterocycles. The fourth-order valence-corrected chi connectivity index (χ4v) is 2.43. The molecular formula is C13H12F2N4O2S. The number of nitrogens with two attached hydrogens (primary N) is 1. The lowest BCUT2D eigenvalue weighted by molar-refractivity contribution is 0.0954. The molecule has 0 radical (unpaired) electrons. The number of nitrogens with zero attached hydrogens (tertiary/aromatic N) is 1. The van der Waals surface area contributed by atoms with Gasteiger partial charge in [0.1, 0.15) is 16.5 Å². The second-order valence-corrected chi connectivity index (χ2v) is 5.09. The average molecular weight is 326 g/mol. The van der Waals surface area contributed by atoms with E-state index >= 15 is 0 Å². The molecule has 0 atom stereocenters. The first-order valence-electron chi connectivity index (χ1n) is 6.12. The third-order valence-corrected chi connectivity index (χ3v) is 3.61. The summed E-state index contributed by atoms with van der Waals surface area (Å²) in [6.07, 6.45) is 0. The Hall–Kier alpha value is -2.55. The van der Waals surface area contributed by atoms with E-state index in [2.05, 4.69) is 15.0 Å². The van der Waals surface area contributed by atoms with Gasteiger partial charge >= 0.3 is 0 Å². The fourth-order valence-electron chi connectivity index (χ4n) is 1.72. The van der Waals surface area contributed by atoms with Crippen LogP contribution < -0.4 is 16.4 Å². The van der Waals surface area contributed by atoms with Gasteiger partial charge in [-0.3, -0.25) is 9.59 Å². The molecule has 0 saturated carbocycles. The lowest BCUT2D eigenvalue weighted by Crippen LogP contribution is -2.24. The molecule has 9 heteroatoms. The minimum Gasteiger partial charge on any atom is -0.395 e. The topological polar surface area (TPSA) is 97.1 Å². The maximum atomic E-state index is 13.0. The van der Waals surface area contributed by atoms with Crippen molar-refractivity contribution in [3.63, 3.8) is 0 Å². The maximum Gasteiger partial charge on any atom is 0.272 e. The van der Waals surface area contributed by atoms with Crippen LogP contribution in [0, 0.1) is 11.6 Å². The Morgan fingerprint density at radius 1 is 1.23 bits per heavy atom. The molecular weight excluding hydrogens is 314 g/mol. The minimum absolute atomic E-state index is 0.0329. The highest BCUT2D eigenvalue weighted by Crippen LogP contribution is 2.21.